The monoisotopic (exact) mass is 264 g/mol. The lowest BCUT2D eigenvalue weighted by molar-refractivity contribution is -0.201. The number of hydrogen-bond donors (Lipinski definition) is 0. The fraction of sp³-hybridized carbons (Fsp3) is 0.875. The van der Waals surface area contributed by atoms with Crippen molar-refractivity contribution in [1.82, 2.24) is 0 Å². The van der Waals surface area contributed by atoms with E-state index in [0.29, 0.717) is 18.1 Å². The molecule has 2 bridgehead atoms. The molecule has 0 aromatic carbocycles. The third-order valence-electron chi connectivity index (χ3n) is 6.63. The highest BCUT2D eigenvalue weighted by atomic mass is 16.5. The van der Waals surface area contributed by atoms with Gasteiger partial charge in [0.05, 0.1) is 13.0 Å². The predicted molar refractivity (Wildman–Crippen MR) is 71.3 cm³/mol. The van der Waals surface area contributed by atoms with Gasteiger partial charge in [0, 0.05) is 11.8 Å². The van der Waals surface area contributed by atoms with E-state index in [9.17, 15) is 9.59 Å². The van der Waals surface area contributed by atoms with Crippen molar-refractivity contribution in [3.05, 3.63) is 0 Å². The van der Waals surface area contributed by atoms with Crippen molar-refractivity contribution >= 4 is 11.8 Å². The average Bonchev–Trinajstić information content (AvgIpc) is 2.36. The maximum atomic E-state index is 12.7. The molecule has 4 saturated carbocycles. The van der Waals surface area contributed by atoms with Crippen LogP contribution in [0.25, 0.3) is 0 Å². The highest BCUT2D eigenvalue weighted by molar-refractivity contribution is 5.89. The Balaban J connectivity index is 1.88. The topological polar surface area (TPSA) is 43.4 Å². The van der Waals surface area contributed by atoms with Crippen molar-refractivity contribution in [2.75, 3.05) is 7.11 Å². The Kier molecular flexibility index (Phi) is 2.65. The summed E-state index contributed by atoms with van der Waals surface area (Å²) in [5, 5.41) is 0. The quantitative estimate of drug-likeness (QED) is 0.684. The van der Waals surface area contributed by atoms with E-state index in [1.807, 2.05) is 0 Å². The van der Waals surface area contributed by atoms with Crippen LogP contribution >= 0.6 is 0 Å². The van der Waals surface area contributed by atoms with Gasteiger partial charge in [-0.15, -0.1) is 0 Å². The first-order chi connectivity index (χ1) is 8.82. The summed E-state index contributed by atoms with van der Waals surface area (Å²) in [6.45, 7) is 6.78. The highest BCUT2D eigenvalue weighted by Crippen LogP contribution is 2.69. The molecule has 3 nitrogen and oxygen atoms in total. The molecule has 3 unspecified atom stereocenters. The number of hydrogen-bond acceptors (Lipinski definition) is 3. The average molecular weight is 264 g/mol. The van der Waals surface area contributed by atoms with Crippen molar-refractivity contribution in [2.45, 2.75) is 46.5 Å². The van der Waals surface area contributed by atoms with Crippen molar-refractivity contribution in [1.29, 1.82) is 0 Å². The summed E-state index contributed by atoms with van der Waals surface area (Å²) >= 11 is 0. The minimum absolute atomic E-state index is 0.0624. The third-order valence-corrected chi connectivity index (χ3v) is 6.63. The fourth-order valence-corrected chi connectivity index (χ4v) is 5.34. The molecule has 3 heteroatoms. The van der Waals surface area contributed by atoms with Crippen LogP contribution in [0.3, 0.4) is 0 Å². The first-order valence-corrected chi connectivity index (χ1v) is 7.44. The van der Waals surface area contributed by atoms with Crippen LogP contribution in [0.15, 0.2) is 0 Å². The van der Waals surface area contributed by atoms with Crippen LogP contribution in [-0.4, -0.2) is 18.9 Å². The Morgan fingerprint density at radius 1 is 1.21 bits per heavy atom. The largest absolute Gasteiger partial charge is 0.469 e. The number of carbonyl (C=O) groups is 2. The molecule has 0 heterocycles. The van der Waals surface area contributed by atoms with Gasteiger partial charge in [0.2, 0.25) is 0 Å². The maximum absolute atomic E-state index is 12.7. The predicted octanol–water partition coefficient (Wildman–Crippen LogP) is 2.83. The molecule has 0 radical (unpaired) electrons. The Bertz CT molecular complexity index is 439. The third kappa shape index (κ3) is 1.50. The van der Waals surface area contributed by atoms with Gasteiger partial charge >= 0.3 is 5.97 Å². The summed E-state index contributed by atoms with van der Waals surface area (Å²) in [5.41, 5.74) is 0.278. The van der Waals surface area contributed by atoms with E-state index in [0.717, 1.165) is 19.3 Å². The zero-order chi connectivity index (χ0) is 14.0. The van der Waals surface area contributed by atoms with Gasteiger partial charge in [0.15, 0.2) is 0 Å². The van der Waals surface area contributed by atoms with Crippen LogP contribution in [0, 0.1) is 34.5 Å². The van der Waals surface area contributed by atoms with Crippen LogP contribution in [0.1, 0.15) is 46.5 Å². The summed E-state index contributed by atoms with van der Waals surface area (Å²) in [7, 11) is 1.44. The lowest BCUT2D eigenvalue weighted by Crippen LogP contribution is -2.66. The molecule has 0 saturated heterocycles. The van der Waals surface area contributed by atoms with Crippen molar-refractivity contribution in [2.24, 2.45) is 34.5 Å². The molecular formula is C16H24O3. The zero-order valence-corrected chi connectivity index (χ0v) is 12.4. The molecule has 19 heavy (non-hydrogen) atoms. The second-order valence-corrected chi connectivity index (χ2v) is 7.62. The number of Topliss-reactive ketones (excluding diaryl/α,β-unsaturated/α-hetero) is 1. The molecule has 4 aliphatic rings. The van der Waals surface area contributed by atoms with Crippen LogP contribution in [0.4, 0.5) is 0 Å². The van der Waals surface area contributed by atoms with Gasteiger partial charge in [-0.05, 0) is 42.4 Å². The van der Waals surface area contributed by atoms with E-state index in [4.69, 9.17) is 4.74 Å². The zero-order valence-electron chi connectivity index (χ0n) is 12.4. The van der Waals surface area contributed by atoms with Crippen molar-refractivity contribution < 1.29 is 14.3 Å². The van der Waals surface area contributed by atoms with E-state index in [1.54, 1.807) is 0 Å². The lowest BCUT2D eigenvalue weighted by Gasteiger charge is -2.67. The van der Waals surface area contributed by atoms with Gasteiger partial charge in [0.25, 0.3) is 0 Å². The standard InChI is InChI=1S/C16H24O3/c1-15(2)10-8-12(15)16(3)6-5-9(14(18)19-4)7-11(16)13(10)17/h9-12H,5-8H2,1-4H3/t9-,10?,11?,12?,16-/m0/s1. The molecule has 0 N–H and O–H groups in total. The van der Waals surface area contributed by atoms with E-state index in [-0.39, 0.29) is 34.6 Å². The number of carbonyl (C=O) groups excluding carboxylic acids is 2. The van der Waals surface area contributed by atoms with E-state index < -0.39 is 0 Å². The second-order valence-electron chi connectivity index (χ2n) is 7.62. The molecule has 0 spiro atoms. The van der Waals surface area contributed by atoms with Crippen LogP contribution in [0.5, 0.6) is 0 Å². The second kappa shape index (κ2) is 3.83. The first kappa shape index (κ1) is 13.1. The Morgan fingerprint density at radius 2 is 1.89 bits per heavy atom. The minimum Gasteiger partial charge on any atom is -0.469 e. The van der Waals surface area contributed by atoms with Gasteiger partial charge in [0.1, 0.15) is 5.78 Å². The molecule has 0 aromatic heterocycles. The molecule has 0 aliphatic heterocycles. The van der Waals surface area contributed by atoms with Gasteiger partial charge in [-0.3, -0.25) is 9.59 Å². The van der Waals surface area contributed by atoms with E-state index in [1.165, 1.54) is 7.11 Å². The van der Waals surface area contributed by atoms with E-state index in [2.05, 4.69) is 20.8 Å². The first-order valence-electron chi connectivity index (χ1n) is 7.44. The Hall–Kier alpha value is -0.860. The number of rotatable bonds is 1. The van der Waals surface area contributed by atoms with Crippen LogP contribution in [-0.2, 0) is 14.3 Å². The molecule has 4 aliphatic carbocycles. The maximum Gasteiger partial charge on any atom is 0.308 e. The van der Waals surface area contributed by atoms with Gasteiger partial charge < -0.3 is 4.74 Å². The Morgan fingerprint density at radius 3 is 2.47 bits per heavy atom. The molecule has 4 rings (SSSR count). The van der Waals surface area contributed by atoms with Crippen molar-refractivity contribution in [3.63, 3.8) is 0 Å². The fourth-order valence-electron chi connectivity index (χ4n) is 5.34. The smallest absolute Gasteiger partial charge is 0.308 e. The number of ether oxygens (including phenoxy) is 1. The normalized spacial score (nSPS) is 47.1. The molecule has 4 fully saturated rings. The summed E-state index contributed by atoms with van der Waals surface area (Å²) in [4.78, 5) is 24.5. The van der Waals surface area contributed by atoms with Gasteiger partial charge in [-0.25, -0.2) is 0 Å². The summed E-state index contributed by atoms with van der Waals surface area (Å²) < 4.78 is 4.87. The molecule has 106 valence electrons. The number of esters is 1. The van der Waals surface area contributed by atoms with Gasteiger partial charge in [-0.2, -0.15) is 0 Å². The summed E-state index contributed by atoms with van der Waals surface area (Å²) in [5.74, 6) is 1.19. The summed E-state index contributed by atoms with van der Waals surface area (Å²) in [6, 6.07) is 0. The number of methoxy groups -OCH3 is 1. The van der Waals surface area contributed by atoms with Crippen molar-refractivity contribution in [3.8, 4) is 0 Å². The van der Waals surface area contributed by atoms with Crippen LogP contribution in [0.2, 0.25) is 0 Å². The van der Waals surface area contributed by atoms with E-state index >= 15 is 0 Å². The molecule has 5 atom stereocenters. The molecular weight excluding hydrogens is 240 g/mol. The lowest BCUT2D eigenvalue weighted by atomic mass is 9.35. The van der Waals surface area contributed by atoms with Gasteiger partial charge in [-0.1, -0.05) is 20.8 Å². The molecule has 0 amide bonds. The SMILES string of the molecule is COC(=O)[C@H]1CC[C@@]2(C)C(C1)C(=O)C1CC2C1(C)C. The highest BCUT2D eigenvalue weighted by Gasteiger charge is 2.67. The molecule has 0 aromatic rings. The van der Waals surface area contributed by atoms with Crippen LogP contribution < -0.4 is 0 Å². The Labute approximate surface area is 115 Å². The number of ketones is 1. The minimum atomic E-state index is -0.131. The summed E-state index contributed by atoms with van der Waals surface area (Å²) in [6.07, 6.45) is 3.65.